The summed E-state index contributed by atoms with van der Waals surface area (Å²) in [5, 5.41) is 9.55. The molecule has 1 aromatic heterocycles. The number of likely N-dealkylation sites (tertiary alicyclic amines) is 1. The van der Waals surface area contributed by atoms with E-state index in [1.807, 2.05) is 42.5 Å². The van der Waals surface area contributed by atoms with E-state index in [9.17, 15) is 14.4 Å². The largest absolute Gasteiger partial charge is 0.490 e. The summed E-state index contributed by atoms with van der Waals surface area (Å²) in [6, 6.07) is 18.4. The predicted octanol–water partition coefficient (Wildman–Crippen LogP) is 3.08. The number of Topliss-reactive ketones (excluding diaryl/α,β-unsaturated/α-hetero) is 1. The fourth-order valence-electron chi connectivity index (χ4n) is 3.82. The number of ketones is 1. The highest BCUT2D eigenvalue weighted by atomic mass is 16.5. The smallest absolute Gasteiger partial charge is 0.272 e. The van der Waals surface area contributed by atoms with Crippen LogP contribution in [0.3, 0.4) is 0 Å². The molecule has 0 atom stereocenters. The maximum atomic E-state index is 12.6. The molecular formula is C25H26N4O4. The van der Waals surface area contributed by atoms with Crippen molar-refractivity contribution >= 4 is 17.6 Å². The molecule has 2 aromatic carbocycles. The second kappa shape index (κ2) is 10.1. The van der Waals surface area contributed by atoms with Gasteiger partial charge in [-0.1, -0.05) is 42.5 Å². The third-order valence-corrected chi connectivity index (χ3v) is 5.65. The zero-order chi connectivity index (χ0) is 23.2. The fourth-order valence-corrected chi connectivity index (χ4v) is 3.82. The van der Waals surface area contributed by atoms with E-state index in [0.29, 0.717) is 37.2 Å². The second-order valence-corrected chi connectivity index (χ2v) is 7.97. The van der Waals surface area contributed by atoms with Gasteiger partial charge in [0.25, 0.3) is 5.91 Å². The summed E-state index contributed by atoms with van der Waals surface area (Å²) < 4.78 is 6.03. The molecule has 1 aliphatic heterocycles. The van der Waals surface area contributed by atoms with E-state index in [1.165, 1.54) is 6.92 Å². The summed E-state index contributed by atoms with van der Waals surface area (Å²) in [6.45, 7) is 2.48. The minimum absolute atomic E-state index is 0.0400. The Labute approximate surface area is 191 Å². The fraction of sp³-hybridized carbons (Fsp3) is 0.280. The Bertz CT molecular complexity index is 1130. The lowest BCUT2D eigenvalue weighted by molar-refractivity contribution is -0.131. The third-order valence-electron chi connectivity index (χ3n) is 5.65. The number of nitrogens with zero attached hydrogens (tertiary/aromatic N) is 2. The Morgan fingerprint density at radius 2 is 1.76 bits per heavy atom. The van der Waals surface area contributed by atoms with Crippen molar-refractivity contribution in [2.24, 2.45) is 0 Å². The number of H-pyrrole nitrogens is 1. The number of aromatic amines is 1. The van der Waals surface area contributed by atoms with Gasteiger partial charge in [-0.25, -0.2) is 0 Å². The Hall–Kier alpha value is -3.94. The van der Waals surface area contributed by atoms with E-state index in [4.69, 9.17) is 4.74 Å². The molecule has 2 amide bonds. The molecule has 2 N–H and O–H groups in total. The lowest BCUT2D eigenvalue weighted by Crippen LogP contribution is -2.46. The third kappa shape index (κ3) is 5.46. The monoisotopic (exact) mass is 446 g/mol. The van der Waals surface area contributed by atoms with Gasteiger partial charge < -0.3 is 15.0 Å². The Kier molecular flexibility index (Phi) is 6.83. The molecule has 0 aliphatic carbocycles. The molecule has 0 radical (unpaired) electrons. The second-order valence-electron chi connectivity index (χ2n) is 7.97. The average molecular weight is 447 g/mol. The van der Waals surface area contributed by atoms with E-state index in [0.717, 1.165) is 11.3 Å². The van der Waals surface area contributed by atoms with Crippen molar-refractivity contribution in [2.45, 2.75) is 25.9 Å². The van der Waals surface area contributed by atoms with Gasteiger partial charge >= 0.3 is 0 Å². The van der Waals surface area contributed by atoms with E-state index < -0.39 is 5.91 Å². The number of nitrogens with one attached hydrogen (secondary N) is 2. The maximum Gasteiger partial charge on any atom is 0.272 e. The summed E-state index contributed by atoms with van der Waals surface area (Å²) >= 11 is 0. The van der Waals surface area contributed by atoms with Crippen LogP contribution >= 0.6 is 0 Å². The molecule has 4 rings (SSSR count). The number of aromatic nitrogens is 2. The molecule has 2 heterocycles. The summed E-state index contributed by atoms with van der Waals surface area (Å²) in [6.07, 6.45) is 1.25. The molecule has 8 nitrogen and oxygen atoms in total. The van der Waals surface area contributed by atoms with Crippen molar-refractivity contribution in [2.75, 3.05) is 19.6 Å². The van der Waals surface area contributed by atoms with Gasteiger partial charge in [-0.2, -0.15) is 5.10 Å². The van der Waals surface area contributed by atoms with E-state index in [-0.39, 0.29) is 30.0 Å². The highest BCUT2D eigenvalue weighted by Crippen LogP contribution is 2.23. The number of ether oxygens (including phenoxy) is 1. The number of hydrogen-bond acceptors (Lipinski definition) is 5. The first-order valence-electron chi connectivity index (χ1n) is 10.9. The van der Waals surface area contributed by atoms with Crippen LogP contribution in [0.1, 0.15) is 40.6 Å². The van der Waals surface area contributed by atoms with Crippen LogP contribution in [0.4, 0.5) is 0 Å². The van der Waals surface area contributed by atoms with E-state index in [1.54, 1.807) is 23.1 Å². The van der Waals surface area contributed by atoms with Gasteiger partial charge in [-0.05, 0) is 30.7 Å². The lowest BCUT2D eigenvalue weighted by Gasteiger charge is -2.32. The van der Waals surface area contributed by atoms with Crippen LogP contribution in [-0.4, -0.2) is 58.4 Å². The molecule has 0 bridgehead atoms. The topological polar surface area (TPSA) is 104 Å². The molecule has 0 unspecified atom stereocenters. The molecule has 1 aliphatic rings. The summed E-state index contributed by atoms with van der Waals surface area (Å²) in [7, 11) is 0. The van der Waals surface area contributed by atoms with Crippen molar-refractivity contribution in [3.8, 4) is 17.0 Å². The molecule has 170 valence electrons. The molecule has 0 spiro atoms. The van der Waals surface area contributed by atoms with Crippen molar-refractivity contribution in [1.29, 1.82) is 0 Å². The van der Waals surface area contributed by atoms with Crippen LogP contribution in [0, 0.1) is 0 Å². The van der Waals surface area contributed by atoms with E-state index in [2.05, 4.69) is 15.5 Å². The first-order chi connectivity index (χ1) is 16.0. The van der Waals surface area contributed by atoms with Crippen LogP contribution in [0.2, 0.25) is 0 Å². The van der Waals surface area contributed by atoms with Crippen molar-refractivity contribution in [3.05, 3.63) is 71.9 Å². The number of para-hydroxylation sites is 1. The Balaban J connectivity index is 1.25. The first kappa shape index (κ1) is 22.3. The van der Waals surface area contributed by atoms with Crippen molar-refractivity contribution in [1.82, 2.24) is 20.4 Å². The maximum absolute atomic E-state index is 12.6. The van der Waals surface area contributed by atoms with Gasteiger partial charge in [0.1, 0.15) is 11.9 Å². The Morgan fingerprint density at radius 3 is 2.48 bits per heavy atom. The number of carbonyl (C=O) groups excluding carboxylic acids is 3. The molecule has 3 aromatic rings. The number of amides is 2. The van der Waals surface area contributed by atoms with E-state index >= 15 is 0 Å². The van der Waals surface area contributed by atoms with Crippen LogP contribution in [0.15, 0.2) is 60.7 Å². The van der Waals surface area contributed by atoms with Crippen LogP contribution in [0.25, 0.3) is 11.3 Å². The molecule has 1 saturated heterocycles. The van der Waals surface area contributed by atoms with Crippen LogP contribution in [0.5, 0.6) is 5.75 Å². The highest BCUT2D eigenvalue weighted by Gasteiger charge is 2.25. The van der Waals surface area contributed by atoms with Crippen LogP contribution < -0.4 is 10.1 Å². The van der Waals surface area contributed by atoms with Gasteiger partial charge in [-0.3, -0.25) is 19.5 Å². The average Bonchev–Trinajstić information content (AvgIpc) is 3.34. The summed E-state index contributed by atoms with van der Waals surface area (Å²) in [5.41, 5.74) is 2.46. The number of rotatable bonds is 7. The molecule has 8 heteroatoms. The number of carbonyl (C=O) groups is 3. The zero-order valence-corrected chi connectivity index (χ0v) is 18.4. The van der Waals surface area contributed by atoms with Gasteiger partial charge in [0.15, 0.2) is 11.5 Å². The van der Waals surface area contributed by atoms with Gasteiger partial charge in [0.2, 0.25) is 5.91 Å². The SMILES string of the molecule is CC(=O)c1ccccc1OC1CCN(C(=O)CNC(=O)c2cc(-c3ccccc3)[nH]n2)CC1. The summed E-state index contributed by atoms with van der Waals surface area (Å²) in [4.78, 5) is 38.5. The van der Waals surface area contributed by atoms with Crippen molar-refractivity contribution < 1.29 is 19.1 Å². The number of benzene rings is 2. The minimum atomic E-state index is -0.402. The molecule has 0 saturated carbocycles. The minimum Gasteiger partial charge on any atom is -0.490 e. The molecule has 1 fully saturated rings. The molecular weight excluding hydrogens is 420 g/mol. The first-order valence-corrected chi connectivity index (χ1v) is 10.9. The quantitative estimate of drug-likeness (QED) is 0.543. The number of piperidine rings is 1. The van der Waals surface area contributed by atoms with Gasteiger partial charge in [0.05, 0.1) is 17.8 Å². The van der Waals surface area contributed by atoms with Gasteiger partial charge in [-0.15, -0.1) is 0 Å². The number of hydrogen-bond donors (Lipinski definition) is 2. The molecule has 33 heavy (non-hydrogen) atoms. The van der Waals surface area contributed by atoms with Crippen LogP contribution in [-0.2, 0) is 4.79 Å². The normalized spacial score (nSPS) is 14.0. The Morgan fingerprint density at radius 1 is 1.06 bits per heavy atom. The van der Waals surface area contributed by atoms with Gasteiger partial charge in [0, 0.05) is 25.9 Å². The lowest BCUT2D eigenvalue weighted by atomic mass is 10.1. The predicted molar refractivity (Wildman–Crippen MR) is 123 cm³/mol. The summed E-state index contributed by atoms with van der Waals surface area (Å²) in [5.74, 6) is -0.0109. The highest BCUT2D eigenvalue weighted by molar-refractivity contribution is 5.97. The zero-order valence-electron chi connectivity index (χ0n) is 18.4. The standard InChI is InChI=1S/C25H26N4O4/c1-17(30)20-9-5-6-10-23(20)33-19-11-13-29(14-12-19)24(31)16-26-25(32)22-15-21(27-28-22)18-7-3-2-4-8-18/h2-10,15,19H,11-14,16H2,1H3,(H,26,32)(H,27,28). The van der Waals surface area contributed by atoms with Crippen molar-refractivity contribution in [3.63, 3.8) is 0 Å².